The molecule has 5 nitrogen and oxygen atoms in total. The molecule has 0 saturated heterocycles. The lowest BCUT2D eigenvalue weighted by atomic mass is 9.89. The van der Waals surface area contributed by atoms with Gasteiger partial charge in [-0.05, 0) is 18.9 Å². The summed E-state index contributed by atoms with van der Waals surface area (Å²) in [6.45, 7) is 8.20. The number of nitrogens with zero attached hydrogens (tertiary/aromatic N) is 1. The summed E-state index contributed by atoms with van der Waals surface area (Å²) >= 11 is 0. The molecule has 0 unspecified atom stereocenters. The van der Waals surface area contributed by atoms with E-state index in [-0.39, 0.29) is 24.6 Å². The summed E-state index contributed by atoms with van der Waals surface area (Å²) in [6, 6.07) is 4.79. The zero-order chi connectivity index (χ0) is 16.1. The fraction of sp³-hybridized carbons (Fsp3) is 0.647. The van der Waals surface area contributed by atoms with Gasteiger partial charge in [0, 0.05) is 29.9 Å². The van der Waals surface area contributed by atoms with Gasteiger partial charge in [-0.25, -0.2) is 4.98 Å². The van der Waals surface area contributed by atoms with E-state index in [2.05, 4.69) is 24.1 Å². The van der Waals surface area contributed by atoms with Crippen LogP contribution in [0.15, 0.2) is 18.3 Å². The van der Waals surface area contributed by atoms with Gasteiger partial charge in [0.2, 0.25) is 5.88 Å². The molecule has 1 aromatic rings. The Kier molecular flexibility index (Phi) is 5.77. The smallest absolute Gasteiger partial charge is 0.308 e. The molecule has 1 aliphatic carbocycles. The maximum absolute atomic E-state index is 11.4. The minimum atomic E-state index is -0.196. The molecule has 1 aromatic heterocycles. The summed E-state index contributed by atoms with van der Waals surface area (Å²) in [5, 5.41) is 3.49. The average molecular weight is 306 g/mol. The molecule has 1 heterocycles. The zero-order valence-electron chi connectivity index (χ0n) is 13.8. The first-order valence-electron chi connectivity index (χ1n) is 7.98. The van der Waals surface area contributed by atoms with E-state index in [1.54, 1.807) is 6.20 Å². The first kappa shape index (κ1) is 16.7. The number of carbonyl (C=O) groups is 1. The third-order valence-corrected chi connectivity index (χ3v) is 3.60. The van der Waals surface area contributed by atoms with E-state index in [9.17, 15) is 4.79 Å². The molecule has 0 radical (unpaired) electrons. The summed E-state index contributed by atoms with van der Waals surface area (Å²) in [6.07, 6.45) is 3.99. The molecule has 122 valence electrons. The van der Waals surface area contributed by atoms with Gasteiger partial charge in [-0.1, -0.05) is 27.7 Å². The van der Waals surface area contributed by atoms with Gasteiger partial charge in [-0.15, -0.1) is 0 Å². The number of nitrogens with one attached hydrogen (secondary N) is 1. The minimum Gasteiger partial charge on any atom is -0.474 e. The van der Waals surface area contributed by atoms with Crippen molar-refractivity contribution < 1.29 is 14.3 Å². The van der Waals surface area contributed by atoms with E-state index < -0.39 is 0 Å². The third-order valence-electron chi connectivity index (χ3n) is 3.60. The van der Waals surface area contributed by atoms with Crippen LogP contribution in [0.5, 0.6) is 5.88 Å². The zero-order valence-corrected chi connectivity index (χ0v) is 13.8. The maximum Gasteiger partial charge on any atom is 0.308 e. The number of carbonyl (C=O) groups excluding carboxylic acids is 1. The molecule has 1 fully saturated rings. The fourth-order valence-corrected chi connectivity index (χ4v) is 2.33. The van der Waals surface area contributed by atoms with Gasteiger partial charge in [0.1, 0.15) is 12.7 Å². The quantitative estimate of drug-likeness (QED) is 0.785. The lowest BCUT2D eigenvalue weighted by molar-refractivity contribution is -0.148. The first-order chi connectivity index (χ1) is 10.4. The molecule has 1 N–H and O–H groups in total. The molecular weight excluding hydrogens is 280 g/mol. The van der Waals surface area contributed by atoms with Gasteiger partial charge in [0.25, 0.3) is 0 Å². The van der Waals surface area contributed by atoms with Crippen LogP contribution in [0.4, 0.5) is 0 Å². The summed E-state index contributed by atoms with van der Waals surface area (Å²) in [4.78, 5) is 15.7. The number of esters is 1. The van der Waals surface area contributed by atoms with E-state index in [1.165, 1.54) is 0 Å². The first-order valence-corrected chi connectivity index (χ1v) is 7.98. The van der Waals surface area contributed by atoms with Crippen molar-refractivity contribution in [1.82, 2.24) is 10.3 Å². The van der Waals surface area contributed by atoms with Crippen LogP contribution in [0.2, 0.25) is 0 Å². The van der Waals surface area contributed by atoms with Crippen molar-refractivity contribution in [3.63, 3.8) is 0 Å². The van der Waals surface area contributed by atoms with Crippen molar-refractivity contribution in [2.45, 2.75) is 65.3 Å². The van der Waals surface area contributed by atoms with Crippen molar-refractivity contribution in [3.8, 4) is 5.88 Å². The van der Waals surface area contributed by atoms with E-state index in [0.717, 1.165) is 18.4 Å². The molecule has 0 aliphatic heterocycles. The SMILES string of the molecule is CC(C)NC1CC(Oc2ccc(COC(=O)C(C)C)cn2)C1. The number of ether oxygens (including phenoxy) is 2. The van der Waals surface area contributed by atoms with E-state index in [4.69, 9.17) is 9.47 Å². The summed E-state index contributed by atoms with van der Waals surface area (Å²) in [5.74, 6) is 0.326. The van der Waals surface area contributed by atoms with Crippen molar-refractivity contribution >= 4 is 5.97 Å². The summed E-state index contributed by atoms with van der Waals surface area (Å²) in [7, 11) is 0. The highest BCUT2D eigenvalue weighted by molar-refractivity contribution is 5.71. The van der Waals surface area contributed by atoms with Gasteiger partial charge in [0.15, 0.2) is 0 Å². The molecule has 1 aliphatic rings. The molecule has 1 saturated carbocycles. The predicted octanol–water partition coefficient (Wildman–Crippen LogP) is 2.69. The second kappa shape index (κ2) is 7.58. The molecule has 22 heavy (non-hydrogen) atoms. The lowest BCUT2D eigenvalue weighted by Gasteiger charge is -2.36. The highest BCUT2D eigenvalue weighted by atomic mass is 16.5. The molecule has 0 bridgehead atoms. The maximum atomic E-state index is 11.4. The Morgan fingerprint density at radius 3 is 2.59 bits per heavy atom. The Morgan fingerprint density at radius 1 is 1.32 bits per heavy atom. The Morgan fingerprint density at radius 2 is 2.05 bits per heavy atom. The molecule has 0 amide bonds. The molecular formula is C17H26N2O3. The van der Waals surface area contributed by atoms with Crippen molar-refractivity contribution in [2.24, 2.45) is 5.92 Å². The molecule has 5 heteroatoms. The van der Waals surface area contributed by atoms with E-state index in [0.29, 0.717) is 18.0 Å². The van der Waals surface area contributed by atoms with Gasteiger partial charge >= 0.3 is 5.97 Å². The number of aromatic nitrogens is 1. The Balaban J connectivity index is 1.72. The largest absolute Gasteiger partial charge is 0.474 e. The second-order valence-corrected chi connectivity index (χ2v) is 6.50. The summed E-state index contributed by atoms with van der Waals surface area (Å²) in [5.41, 5.74) is 0.870. The van der Waals surface area contributed by atoms with Crippen molar-refractivity contribution in [3.05, 3.63) is 23.9 Å². The van der Waals surface area contributed by atoms with E-state index in [1.807, 2.05) is 26.0 Å². The van der Waals surface area contributed by atoms with Crippen LogP contribution in [-0.2, 0) is 16.1 Å². The monoisotopic (exact) mass is 306 g/mol. The van der Waals surface area contributed by atoms with Gasteiger partial charge in [0.05, 0.1) is 5.92 Å². The molecule has 0 spiro atoms. The minimum absolute atomic E-state index is 0.110. The molecule has 0 aromatic carbocycles. The number of hydrogen-bond acceptors (Lipinski definition) is 5. The van der Waals surface area contributed by atoms with Crippen LogP contribution in [0.3, 0.4) is 0 Å². The highest BCUT2D eigenvalue weighted by Gasteiger charge is 2.31. The van der Waals surface area contributed by atoms with Crippen LogP contribution in [0, 0.1) is 5.92 Å². The normalized spacial score (nSPS) is 20.8. The van der Waals surface area contributed by atoms with E-state index >= 15 is 0 Å². The Hall–Kier alpha value is -1.62. The molecule has 2 rings (SSSR count). The average Bonchev–Trinajstić information content (AvgIpc) is 2.43. The van der Waals surface area contributed by atoms with Crippen LogP contribution in [0.1, 0.15) is 46.1 Å². The van der Waals surface area contributed by atoms with Gasteiger partial charge < -0.3 is 14.8 Å². The Bertz CT molecular complexity index is 479. The fourth-order valence-electron chi connectivity index (χ4n) is 2.33. The van der Waals surface area contributed by atoms with Crippen LogP contribution in [0.25, 0.3) is 0 Å². The summed E-state index contributed by atoms with van der Waals surface area (Å²) < 4.78 is 11.0. The second-order valence-electron chi connectivity index (χ2n) is 6.50. The lowest BCUT2D eigenvalue weighted by Crippen LogP contribution is -2.49. The number of rotatable bonds is 7. The van der Waals surface area contributed by atoms with Crippen molar-refractivity contribution in [2.75, 3.05) is 0 Å². The topological polar surface area (TPSA) is 60.5 Å². The third kappa shape index (κ3) is 4.98. The standard InChI is InChI=1S/C17H26N2O3/c1-11(2)17(20)21-10-13-5-6-16(18-9-13)22-15-7-14(8-15)19-12(3)4/h5-6,9,11-12,14-15,19H,7-8,10H2,1-4H3. The Labute approximate surface area is 132 Å². The van der Waals surface area contributed by atoms with Crippen LogP contribution < -0.4 is 10.1 Å². The van der Waals surface area contributed by atoms with Crippen molar-refractivity contribution in [1.29, 1.82) is 0 Å². The predicted molar refractivity (Wildman–Crippen MR) is 84.6 cm³/mol. The molecule has 0 atom stereocenters. The number of pyridine rings is 1. The van der Waals surface area contributed by atoms with Gasteiger partial charge in [-0.3, -0.25) is 4.79 Å². The highest BCUT2D eigenvalue weighted by Crippen LogP contribution is 2.25. The van der Waals surface area contributed by atoms with Crippen LogP contribution in [-0.4, -0.2) is 29.1 Å². The van der Waals surface area contributed by atoms with Gasteiger partial charge in [-0.2, -0.15) is 0 Å². The van der Waals surface area contributed by atoms with Crippen LogP contribution >= 0.6 is 0 Å². The number of hydrogen-bond donors (Lipinski definition) is 1.